The van der Waals surface area contributed by atoms with Crippen molar-refractivity contribution in [2.75, 3.05) is 0 Å². The van der Waals surface area contributed by atoms with Gasteiger partial charge < -0.3 is 14.4 Å². The zero-order chi connectivity index (χ0) is 12.6. The molecule has 0 spiro atoms. The average Bonchev–Trinajstić information content (AvgIpc) is 2.15. The van der Waals surface area contributed by atoms with E-state index < -0.39 is 18.8 Å². The van der Waals surface area contributed by atoms with Crippen molar-refractivity contribution in [1.82, 2.24) is 0 Å². The Labute approximate surface area is 97.6 Å². The van der Waals surface area contributed by atoms with Crippen LogP contribution in [0.5, 0.6) is 0 Å². The van der Waals surface area contributed by atoms with Crippen molar-refractivity contribution in [2.24, 2.45) is 0 Å². The van der Waals surface area contributed by atoms with Gasteiger partial charge in [0.05, 0.1) is 0 Å². The summed E-state index contributed by atoms with van der Waals surface area (Å²) in [6.45, 7) is 0. The predicted octanol–water partition coefficient (Wildman–Crippen LogP) is 1.22. The number of aldehydes is 1. The monoisotopic (exact) mass is 312 g/mol. The van der Waals surface area contributed by atoms with E-state index >= 15 is 0 Å². The molecule has 0 aliphatic rings. The van der Waals surface area contributed by atoms with Crippen molar-refractivity contribution in [3.05, 3.63) is 33.8 Å². The number of hydrogen-bond donors (Lipinski definition) is 0. The lowest BCUT2D eigenvalue weighted by Gasteiger charge is -2.38. The summed E-state index contributed by atoms with van der Waals surface area (Å²) in [6.07, 6.45) is 0.403. The summed E-state index contributed by atoms with van der Waals surface area (Å²) in [5, 5.41) is 0. The second-order valence-corrected chi connectivity index (χ2v) is 5.31. The van der Waals surface area contributed by atoms with E-state index in [1.165, 1.54) is 0 Å². The van der Waals surface area contributed by atoms with E-state index in [1.807, 2.05) is 0 Å². The zero-order valence-electron chi connectivity index (χ0n) is 7.52. The van der Waals surface area contributed by atoms with Crippen molar-refractivity contribution >= 4 is 29.8 Å². The molecule has 16 heavy (non-hydrogen) atoms. The molecule has 4 nitrogen and oxygen atoms in total. The molecule has 0 heterocycles. The van der Waals surface area contributed by atoms with Crippen LogP contribution in [0, 0.1) is 0 Å². The maximum atomic E-state index is 13.2. The van der Waals surface area contributed by atoms with Crippen LogP contribution in [0.2, 0.25) is 0 Å². The minimum atomic E-state index is -6.09. The fourth-order valence-electron chi connectivity index (χ4n) is 0.996. The lowest BCUT2D eigenvalue weighted by molar-refractivity contribution is -0.335. The van der Waals surface area contributed by atoms with Gasteiger partial charge in [0, 0.05) is 23.2 Å². The van der Waals surface area contributed by atoms with E-state index in [0.29, 0.717) is 6.29 Å². The van der Waals surface area contributed by atoms with E-state index in [9.17, 15) is 27.9 Å². The van der Waals surface area contributed by atoms with Crippen LogP contribution in [0.25, 0.3) is 0 Å². The highest BCUT2D eigenvalue weighted by atomic mass is 79.9. The van der Waals surface area contributed by atoms with E-state index in [-0.39, 0.29) is 10.0 Å². The summed E-state index contributed by atoms with van der Waals surface area (Å²) in [5.74, 6) is 0. The van der Waals surface area contributed by atoms with E-state index in [2.05, 4.69) is 15.9 Å². The number of benzene rings is 1. The third-order valence-corrected chi connectivity index (χ3v) is 3.38. The zero-order valence-corrected chi connectivity index (χ0v) is 10.0. The van der Waals surface area contributed by atoms with E-state index in [0.717, 1.165) is 18.2 Å². The molecular formula is C8H4BrF2O4P-2. The number of halogens is 3. The fourth-order valence-corrected chi connectivity index (χ4v) is 2.28. The Bertz CT molecular complexity index is 471. The molecule has 0 N–H and O–H groups in total. The molecule has 1 aromatic carbocycles. The Kier molecular flexibility index (Phi) is 3.64. The number of carbonyl (C=O) groups is 1. The molecule has 0 fully saturated rings. The molecule has 0 amide bonds. The van der Waals surface area contributed by atoms with Crippen LogP contribution < -0.4 is 9.79 Å². The first kappa shape index (κ1) is 13.4. The standard InChI is InChI=1S/C8H6BrF2O4P/c9-7-3-5(4-12)1-2-6(7)8(10,11)16(13,14)15/h1-4H,(H2,13,14,15)/p-2. The third kappa shape index (κ3) is 2.38. The highest BCUT2D eigenvalue weighted by Gasteiger charge is 2.37. The van der Waals surface area contributed by atoms with Gasteiger partial charge in [-0.1, -0.05) is 28.1 Å². The number of rotatable bonds is 3. The van der Waals surface area contributed by atoms with Crippen LogP contribution in [0.1, 0.15) is 15.9 Å². The van der Waals surface area contributed by atoms with Crippen LogP contribution >= 0.6 is 23.5 Å². The van der Waals surface area contributed by atoms with Crippen LogP contribution in [0.3, 0.4) is 0 Å². The topological polar surface area (TPSA) is 80.3 Å². The van der Waals surface area contributed by atoms with Gasteiger partial charge in [0.1, 0.15) is 6.29 Å². The van der Waals surface area contributed by atoms with E-state index in [1.54, 1.807) is 0 Å². The molecule has 1 rings (SSSR count). The van der Waals surface area contributed by atoms with Gasteiger partial charge >= 0.3 is 0 Å². The lowest BCUT2D eigenvalue weighted by atomic mass is 10.1. The first-order valence-corrected chi connectivity index (χ1v) is 6.19. The quantitative estimate of drug-likeness (QED) is 0.621. The highest BCUT2D eigenvalue weighted by Crippen LogP contribution is 2.54. The van der Waals surface area contributed by atoms with E-state index in [4.69, 9.17) is 0 Å². The molecule has 0 saturated carbocycles. The summed E-state index contributed by atoms with van der Waals surface area (Å²) in [6, 6.07) is 2.72. The molecule has 0 unspecified atom stereocenters. The maximum Gasteiger partial charge on any atom is 0.297 e. The Balaban J connectivity index is 3.35. The number of hydrogen-bond acceptors (Lipinski definition) is 4. The molecule has 0 aliphatic heterocycles. The van der Waals surface area contributed by atoms with Gasteiger partial charge in [0.25, 0.3) is 5.66 Å². The minimum absolute atomic E-state index is 0.0815. The van der Waals surface area contributed by atoms with Crippen molar-refractivity contribution in [1.29, 1.82) is 0 Å². The van der Waals surface area contributed by atoms with Crippen LogP contribution in [-0.2, 0) is 10.2 Å². The molecular weight excluding hydrogens is 309 g/mol. The van der Waals surface area contributed by atoms with Crippen LogP contribution in [0.4, 0.5) is 8.78 Å². The summed E-state index contributed by atoms with van der Waals surface area (Å²) >= 11 is 2.68. The van der Waals surface area contributed by atoms with Gasteiger partial charge in [-0.3, -0.25) is 4.79 Å². The molecule has 88 valence electrons. The maximum absolute atomic E-state index is 13.2. The van der Waals surface area contributed by atoms with Gasteiger partial charge in [0.2, 0.25) is 0 Å². The molecule has 0 saturated heterocycles. The highest BCUT2D eigenvalue weighted by molar-refractivity contribution is 9.10. The molecule has 0 bridgehead atoms. The smallest absolute Gasteiger partial charge is 0.297 e. The molecule has 1 aromatic rings. The molecule has 0 aromatic heterocycles. The average molecular weight is 313 g/mol. The molecule has 8 heteroatoms. The third-order valence-electron chi connectivity index (χ3n) is 1.80. The number of carbonyl (C=O) groups excluding carboxylic acids is 1. The summed E-state index contributed by atoms with van der Waals surface area (Å²) in [7, 11) is -6.09. The first-order chi connectivity index (χ1) is 7.20. The summed E-state index contributed by atoms with van der Waals surface area (Å²) in [4.78, 5) is 31.1. The Hall–Kier alpha value is -0.620. The van der Waals surface area contributed by atoms with Gasteiger partial charge in [0.15, 0.2) is 0 Å². The Morgan fingerprint density at radius 1 is 1.38 bits per heavy atom. The molecule has 0 radical (unpaired) electrons. The minimum Gasteiger partial charge on any atom is -0.806 e. The van der Waals surface area contributed by atoms with Gasteiger partial charge in [-0.2, -0.15) is 8.78 Å². The summed E-state index contributed by atoms with van der Waals surface area (Å²) < 4.78 is 36.4. The Morgan fingerprint density at radius 2 is 1.94 bits per heavy atom. The molecule has 0 atom stereocenters. The van der Waals surface area contributed by atoms with Crippen molar-refractivity contribution in [2.45, 2.75) is 5.66 Å². The fraction of sp³-hybridized carbons (Fsp3) is 0.125. The summed E-state index contributed by atoms with van der Waals surface area (Å²) in [5.41, 5.74) is -5.41. The predicted molar refractivity (Wildman–Crippen MR) is 51.0 cm³/mol. The second kappa shape index (κ2) is 4.33. The van der Waals surface area contributed by atoms with Gasteiger partial charge in [-0.05, 0) is 6.07 Å². The first-order valence-electron chi connectivity index (χ1n) is 3.85. The van der Waals surface area contributed by atoms with Gasteiger partial charge in [-0.15, -0.1) is 0 Å². The van der Waals surface area contributed by atoms with Gasteiger partial charge in [-0.25, -0.2) is 0 Å². The molecule has 0 aliphatic carbocycles. The second-order valence-electron chi connectivity index (χ2n) is 2.90. The SMILES string of the molecule is O=Cc1ccc(C(F)(F)P(=O)([O-])[O-])c(Br)c1. The Morgan fingerprint density at radius 3 is 2.31 bits per heavy atom. The normalized spacial score (nSPS) is 12.6. The van der Waals surface area contributed by atoms with Crippen molar-refractivity contribution < 1.29 is 27.9 Å². The number of alkyl halides is 2. The van der Waals surface area contributed by atoms with Crippen LogP contribution in [0.15, 0.2) is 22.7 Å². The van der Waals surface area contributed by atoms with Crippen LogP contribution in [-0.4, -0.2) is 6.29 Å². The van der Waals surface area contributed by atoms with Crippen molar-refractivity contribution in [3.63, 3.8) is 0 Å². The lowest BCUT2D eigenvalue weighted by Crippen LogP contribution is -2.30. The van der Waals surface area contributed by atoms with Crippen molar-refractivity contribution in [3.8, 4) is 0 Å². The largest absolute Gasteiger partial charge is 0.806 e.